The number of rotatable bonds is 6. The molecule has 2 aromatic heterocycles. The molecule has 2 aliphatic heterocycles. The van der Waals surface area contributed by atoms with Crippen molar-refractivity contribution in [3.05, 3.63) is 53.4 Å². The van der Waals surface area contributed by atoms with Gasteiger partial charge in [-0.05, 0) is 50.9 Å². The van der Waals surface area contributed by atoms with Crippen molar-refractivity contribution in [3.8, 4) is 17.3 Å². The van der Waals surface area contributed by atoms with Crippen LogP contribution in [-0.2, 0) is 0 Å². The molecule has 2 aliphatic rings. The molecule has 7 nitrogen and oxygen atoms in total. The highest BCUT2D eigenvalue weighted by Crippen LogP contribution is 2.37. The molecule has 37 heavy (non-hydrogen) atoms. The number of anilines is 1. The number of aromatic nitrogens is 3. The van der Waals surface area contributed by atoms with Gasteiger partial charge in [-0.3, -0.25) is 4.98 Å². The van der Waals surface area contributed by atoms with E-state index >= 15 is 4.39 Å². The Balaban J connectivity index is 1.48. The molecule has 4 heterocycles. The molecule has 4 aromatic rings. The molecule has 0 amide bonds. The van der Waals surface area contributed by atoms with Gasteiger partial charge in [0, 0.05) is 47.8 Å². The first-order valence-electron chi connectivity index (χ1n) is 12.8. The monoisotopic (exact) mass is 520 g/mol. The Bertz CT molecular complexity index is 1450. The number of benzene rings is 2. The van der Waals surface area contributed by atoms with Crippen molar-refractivity contribution in [3.63, 3.8) is 0 Å². The molecule has 0 saturated carbocycles. The Kier molecular flexibility index (Phi) is 6.56. The molecule has 9 heteroatoms. The Labute approximate surface area is 220 Å². The number of likely N-dealkylation sites (tertiary alicyclic amines) is 1. The molecule has 6 rings (SSSR count). The number of nitrogens with zero attached hydrogens (tertiary/aromatic N) is 5. The number of likely N-dealkylation sites (N-methyl/N-ethyl adjacent to an activating group) is 2. The van der Waals surface area contributed by atoms with E-state index < -0.39 is 5.82 Å². The first-order chi connectivity index (χ1) is 18.0. The molecule has 2 saturated heterocycles. The quantitative estimate of drug-likeness (QED) is 0.387. The highest BCUT2D eigenvalue weighted by atomic mass is 35.5. The molecule has 0 unspecified atom stereocenters. The molecule has 2 atom stereocenters. The van der Waals surface area contributed by atoms with Crippen LogP contribution in [0.5, 0.6) is 6.01 Å². The fourth-order valence-corrected chi connectivity index (χ4v) is 5.82. The van der Waals surface area contributed by atoms with Crippen LogP contribution in [0.4, 0.5) is 10.2 Å². The molecular weight excluding hydrogens is 491 g/mol. The van der Waals surface area contributed by atoms with Gasteiger partial charge in [-0.1, -0.05) is 41.9 Å². The zero-order chi connectivity index (χ0) is 25.5. The van der Waals surface area contributed by atoms with Gasteiger partial charge in [0.25, 0.3) is 0 Å². The van der Waals surface area contributed by atoms with E-state index in [0.717, 1.165) is 49.7 Å². The lowest BCUT2D eigenvalue weighted by Crippen LogP contribution is -2.34. The Morgan fingerprint density at radius 2 is 2.03 bits per heavy atom. The zero-order valence-corrected chi connectivity index (χ0v) is 21.8. The molecule has 0 aliphatic carbocycles. The number of pyridine rings is 1. The Morgan fingerprint density at radius 1 is 1.19 bits per heavy atom. The first-order valence-corrected chi connectivity index (χ1v) is 13.2. The van der Waals surface area contributed by atoms with E-state index in [2.05, 4.69) is 32.1 Å². The minimum absolute atomic E-state index is 0.188. The third-order valence-corrected chi connectivity index (χ3v) is 8.06. The largest absolute Gasteiger partial charge is 0.462 e. The van der Waals surface area contributed by atoms with Crippen molar-refractivity contribution < 1.29 is 9.13 Å². The van der Waals surface area contributed by atoms with E-state index in [-0.39, 0.29) is 23.3 Å². The van der Waals surface area contributed by atoms with Crippen molar-refractivity contribution in [1.82, 2.24) is 25.2 Å². The van der Waals surface area contributed by atoms with Crippen molar-refractivity contribution >= 4 is 39.1 Å². The van der Waals surface area contributed by atoms with Gasteiger partial charge in [-0.15, -0.1) is 0 Å². The van der Waals surface area contributed by atoms with E-state index in [1.54, 1.807) is 6.20 Å². The Morgan fingerprint density at radius 3 is 2.78 bits per heavy atom. The molecule has 0 radical (unpaired) electrons. The summed E-state index contributed by atoms with van der Waals surface area (Å²) < 4.78 is 22.4. The Hall–Kier alpha value is -3.07. The normalized spacial score (nSPS) is 20.2. The molecular formula is C28H30ClFN6O. The highest BCUT2D eigenvalue weighted by Gasteiger charge is 2.27. The van der Waals surface area contributed by atoms with Gasteiger partial charge in [0.15, 0.2) is 5.82 Å². The van der Waals surface area contributed by atoms with Gasteiger partial charge in [0.05, 0.1) is 5.39 Å². The van der Waals surface area contributed by atoms with Gasteiger partial charge in [0.2, 0.25) is 0 Å². The van der Waals surface area contributed by atoms with Crippen LogP contribution in [0.3, 0.4) is 0 Å². The smallest absolute Gasteiger partial charge is 0.319 e. The second kappa shape index (κ2) is 10.0. The number of hydrogen-bond donors (Lipinski definition) is 1. The molecule has 2 fully saturated rings. The van der Waals surface area contributed by atoms with Crippen molar-refractivity contribution in [1.29, 1.82) is 0 Å². The first kappa shape index (κ1) is 24.3. The van der Waals surface area contributed by atoms with E-state index in [1.807, 2.05) is 43.4 Å². The van der Waals surface area contributed by atoms with E-state index in [4.69, 9.17) is 21.3 Å². The van der Waals surface area contributed by atoms with Crippen LogP contribution in [0.15, 0.2) is 42.6 Å². The fourth-order valence-electron chi connectivity index (χ4n) is 5.54. The molecule has 2 aromatic carbocycles. The van der Waals surface area contributed by atoms with Crippen LogP contribution in [0.2, 0.25) is 5.02 Å². The van der Waals surface area contributed by atoms with Crippen LogP contribution in [-0.4, -0.2) is 72.3 Å². The van der Waals surface area contributed by atoms with Crippen molar-refractivity contribution in [2.24, 2.45) is 0 Å². The number of nitrogens with one attached hydrogen (secondary N) is 1. The topological polar surface area (TPSA) is 66.4 Å². The second-order valence-electron chi connectivity index (χ2n) is 10.0. The molecule has 192 valence electrons. The number of fused-ring (bicyclic) bond motifs is 2. The summed E-state index contributed by atoms with van der Waals surface area (Å²) in [6.07, 6.45) is 4.86. The summed E-state index contributed by atoms with van der Waals surface area (Å²) in [7, 11) is 4.09. The molecule has 0 spiro atoms. The van der Waals surface area contributed by atoms with Gasteiger partial charge >= 0.3 is 6.01 Å². The lowest BCUT2D eigenvalue weighted by Gasteiger charge is -2.26. The van der Waals surface area contributed by atoms with Crippen LogP contribution in [0, 0.1) is 5.82 Å². The summed E-state index contributed by atoms with van der Waals surface area (Å²) >= 11 is 6.55. The lowest BCUT2D eigenvalue weighted by molar-refractivity contribution is 0.188. The third-order valence-electron chi connectivity index (χ3n) is 7.74. The van der Waals surface area contributed by atoms with Gasteiger partial charge < -0.3 is 19.9 Å². The van der Waals surface area contributed by atoms with E-state index in [1.165, 1.54) is 0 Å². The summed E-state index contributed by atoms with van der Waals surface area (Å²) in [6.45, 7) is 3.29. The number of hydrogen-bond acceptors (Lipinski definition) is 7. The number of ether oxygens (including phenoxy) is 1. The van der Waals surface area contributed by atoms with Gasteiger partial charge in [-0.25, -0.2) is 4.39 Å². The summed E-state index contributed by atoms with van der Waals surface area (Å²) in [4.78, 5) is 18.3. The summed E-state index contributed by atoms with van der Waals surface area (Å²) in [5, 5.41) is 6.20. The maximum atomic E-state index is 16.3. The summed E-state index contributed by atoms with van der Waals surface area (Å²) in [6, 6.07) is 12.1. The minimum atomic E-state index is -0.505. The summed E-state index contributed by atoms with van der Waals surface area (Å²) in [5.41, 5.74) is 1.04. The zero-order valence-electron chi connectivity index (χ0n) is 21.0. The standard InChI is InChI=1S/C28H30ClFN6O/c1-35-13-5-8-19(35)16-37-28-33-26-21(27(34-28)36(2)18-11-12-31-14-18)15-32-25(24(26)30)20-9-3-6-17-7-4-10-22(29)23(17)20/h3-4,6-7,9-10,15,18-19,31H,5,8,11-14,16H2,1-2H3/t18-,19-/m0/s1. The van der Waals surface area contributed by atoms with Gasteiger partial charge in [0.1, 0.15) is 23.6 Å². The highest BCUT2D eigenvalue weighted by molar-refractivity contribution is 6.36. The summed E-state index contributed by atoms with van der Waals surface area (Å²) in [5.74, 6) is 0.122. The average molecular weight is 521 g/mol. The predicted octanol–water partition coefficient (Wildman–Crippen LogP) is 4.91. The molecule has 1 N–H and O–H groups in total. The van der Waals surface area contributed by atoms with Crippen molar-refractivity contribution in [2.75, 3.05) is 45.2 Å². The SMILES string of the molecule is CN1CCC[C@H]1COc1nc(N(C)[C@H]2CCNC2)c2cnc(-c3cccc4cccc(Cl)c34)c(F)c2n1. The second-order valence-corrected chi connectivity index (χ2v) is 10.4. The van der Waals surface area contributed by atoms with Crippen LogP contribution < -0.4 is 15.0 Å². The van der Waals surface area contributed by atoms with Crippen LogP contribution in [0.1, 0.15) is 19.3 Å². The van der Waals surface area contributed by atoms with Crippen molar-refractivity contribution in [2.45, 2.75) is 31.3 Å². The van der Waals surface area contributed by atoms with Crippen LogP contribution in [0.25, 0.3) is 32.9 Å². The fraction of sp³-hybridized carbons (Fsp3) is 0.393. The van der Waals surface area contributed by atoms with E-state index in [9.17, 15) is 0 Å². The molecule has 0 bridgehead atoms. The lowest BCUT2D eigenvalue weighted by atomic mass is 10.0. The number of halogens is 2. The maximum absolute atomic E-state index is 16.3. The minimum Gasteiger partial charge on any atom is -0.462 e. The van der Waals surface area contributed by atoms with Gasteiger partial charge in [-0.2, -0.15) is 9.97 Å². The average Bonchev–Trinajstić information content (AvgIpc) is 3.59. The van der Waals surface area contributed by atoms with E-state index in [0.29, 0.717) is 34.4 Å². The third kappa shape index (κ3) is 4.47. The maximum Gasteiger partial charge on any atom is 0.319 e. The van der Waals surface area contributed by atoms with Crippen LogP contribution >= 0.6 is 11.6 Å². The predicted molar refractivity (Wildman–Crippen MR) is 146 cm³/mol.